The van der Waals surface area contributed by atoms with Gasteiger partial charge in [-0.3, -0.25) is 0 Å². The molecule has 0 saturated heterocycles. The smallest absolute Gasteiger partial charge is 0.143 e. The van der Waals surface area contributed by atoms with Gasteiger partial charge in [-0.2, -0.15) is 0 Å². The molecular weight excluding hydrogens is 815 g/mol. The summed E-state index contributed by atoms with van der Waals surface area (Å²) in [4.78, 5) is 2.41. The van der Waals surface area contributed by atoms with Crippen LogP contribution in [0, 0.1) is 0 Å². The summed E-state index contributed by atoms with van der Waals surface area (Å²) in [5, 5.41) is 2.27. The van der Waals surface area contributed by atoms with E-state index >= 15 is 0 Å². The fraction of sp³-hybridized carbons (Fsp3) is 0.0625. The van der Waals surface area contributed by atoms with Crippen molar-refractivity contribution in [1.29, 1.82) is 0 Å². The van der Waals surface area contributed by atoms with Gasteiger partial charge in [-0.15, -0.1) is 0 Å². The van der Waals surface area contributed by atoms with Crippen molar-refractivity contribution in [3.05, 3.63) is 258 Å². The van der Waals surface area contributed by atoms with E-state index < -0.39 is 5.41 Å². The molecule has 3 heteroatoms. The fourth-order valence-corrected chi connectivity index (χ4v) is 12.0. The number of furan rings is 1. The highest BCUT2D eigenvalue weighted by Crippen LogP contribution is 2.63. The lowest BCUT2D eigenvalue weighted by molar-refractivity contribution is 0.436. The molecule has 0 bridgehead atoms. The number of hydrogen-bond acceptors (Lipinski definition) is 3. The molecule has 67 heavy (non-hydrogen) atoms. The van der Waals surface area contributed by atoms with Gasteiger partial charge in [0.05, 0.1) is 5.41 Å². The van der Waals surface area contributed by atoms with E-state index in [4.69, 9.17) is 9.15 Å². The van der Waals surface area contributed by atoms with Crippen molar-refractivity contribution in [2.24, 2.45) is 0 Å². The highest BCUT2D eigenvalue weighted by atomic mass is 16.5. The Morgan fingerprint density at radius 2 is 0.866 bits per heavy atom. The largest absolute Gasteiger partial charge is 0.457 e. The quantitative estimate of drug-likeness (QED) is 0.172. The van der Waals surface area contributed by atoms with Crippen molar-refractivity contribution in [2.75, 3.05) is 4.90 Å². The molecule has 0 atom stereocenters. The molecule has 3 nitrogen and oxygen atoms in total. The van der Waals surface area contributed by atoms with Crippen LogP contribution in [-0.2, 0) is 10.8 Å². The lowest BCUT2D eigenvalue weighted by Gasteiger charge is -2.39. The van der Waals surface area contributed by atoms with Gasteiger partial charge in [0.25, 0.3) is 0 Å². The van der Waals surface area contributed by atoms with Crippen LogP contribution in [0.25, 0.3) is 66.4 Å². The molecule has 11 aromatic rings. The standard InChI is InChI=1S/C64H43NO2/c1-63(2)52-21-6-3-15-47(52)48-38-37-44(39-57(48)63)65(43-35-31-41(32-36-43)46-19-13-20-50-49-16-5-10-26-58(49)67-62(46)50)42-33-29-40(30-34-42)45-18-14-25-56-61(45)51-17-4-7-22-53(51)64(56)54-23-8-11-27-59(54)66-60-28-12-9-24-55(60)64/h3-39H,1-2H3. The Bertz CT molecular complexity index is 3770. The van der Waals surface area contributed by atoms with Crippen LogP contribution in [0.1, 0.15) is 47.2 Å². The third kappa shape index (κ3) is 5.28. The van der Waals surface area contributed by atoms with E-state index in [2.05, 4.69) is 231 Å². The van der Waals surface area contributed by atoms with Gasteiger partial charge < -0.3 is 14.1 Å². The predicted octanol–water partition coefficient (Wildman–Crippen LogP) is 17.2. The molecule has 2 heterocycles. The number of hydrogen-bond donors (Lipinski definition) is 0. The van der Waals surface area contributed by atoms with Crippen molar-refractivity contribution in [2.45, 2.75) is 24.7 Å². The second-order valence-electron chi connectivity index (χ2n) is 18.7. The second kappa shape index (κ2) is 14.1. The van der Waals surface area contributed by atoms with Crippen LogP contribution >= 0.6 is 0 Å². The molecule has 0 N–H and O–H groups in total. The third-order valence-electron chi connectivity index (χ3n) is 15.0. The van der Waals surface area contributed by atoms with Crippen LogP contribution in [0.15, 0.2) is 229 Å². The zero-order chi connectivity index (χ0) is 44.4. The number of rotatable bonds is 5. The molecular formula is C64H43NO2. The predicted molar refractivity (Wildman–Crippen MR) is 274 cm³/mol. The van der Waals surface area contributed by atoms with Crippen molar-refractivity contribution >= 4 is 39.0 Å². The number of para-hydroxylation sites is 4. The first kappa shape index (κ1) is 37.9. The summed E-state index contributed by atoms with van der Waals surface area (Å²) in [6, 6.07) is 81.8. The molecule has 0 amide bonds. The van der Waals surface area contributed by atoms with E-state index in [1.54, 1.807) is 0 Å². The maximum atomic E-state index is 6.62. The van der Waals surface area contributed by atoms with E-state index in [1.165, 1.54) is 66.8 Å². The summed E-state index contributed by atoms with van der Waals surface area (Å²) in [7, 11) is 0. The molecule has 2 aliphatic carbocycles. The third-order valence-corrected chi connectivity index (χ3v) is 15.0. The zero-order valence-electron chi connectivity index (χ0n) is 37.1. The van der Waals surface area contributed by atoms with Gasteiger partial charge in [0.15, 0.2) is 0 Å². The second-order valence-corrected chi connectivity index (χ2v) is 18.7. The van der Waals surface area contributed by atoms with Gasteiger partial charge in [0.2, 0.25) is 0 Å². The molecule has 0 saturated carbocycles. The van der Waals surface area contributed by atoms with Crippen molar-refractivity contribution in [3.8, 4) is 56.0 Å². The Morgan fingerprint density at radius 3 is 1.60 bits per heavy atom. The monoisotopic (exact) mass is 857 g/mol. The van der Waals surface area contributed by atoms with Crippen molar-refractivity contribution in [3.63, 3.8) is 0 Å². The minimum absolute atomic E-state index is 0.139. The zero-order valence-corrected chi connectivity index (χ0v) is 37.1. The van der Waals surface area contributed by atoms with Crippen molar-refractivity contribution in [1.82, 2.24) is 0 Å². The number of nitrogens with zero attached hydrogens (tertiary/aromatic N) is 1. The minimum atomic E-state index is -0.521. The Kier molecular flexibility index (Phi) is 7.95. The summed E-state index contributed by atoms with van der Waals surface area (Å²) >= 11 is 0. The van der Waals surface area contributed by atoms with E-state index in [0.717, 1.165) is 61.6 Å². The first-order valence-corrected chi connectivity index (χ1v) is 23.2. The fourth-order valence-electron chi connectivity index (χ4n) is 12.0. The van der Waals surface area contributed by atoms with Gasteiger partial charge in [-0.05, 0) is 116 Å². The van der Waals surface area contributed by atoms with Crippen LogP contribution in [0.5, 0.6) is 11.5 Å². The molecule has 1 aromatic heterocycles. The summed E-state index contributed by atoms with van der Waals surface area (Å²) in [6.45, 7) is 4.71. The Hall–Kier alpha value is -8.40. The maximum Gasteiger partial charge on any atom is 0.143 e. The van der Waals surface area contributed by atoms with Gasteiger partial charge in [0, 0.05) is 49.9 Å². The molecule has 1 aliphatic heterocycles. The van der Waals surface area contributed by atoms with E-state index in [0.29, 0.717) is 0 Å². The molecule has 0 fully saturated rings. The lowest BCUT2D eigenvalue weighted by atomic mass is 9.66. The number of benzene rings is 10. The highest BCUT2D eigenvalue weighted by Gasteiger charge is 2.51. The van der Waals surface area contributed by atoms with Gasteiger partial charge in [-0.1, -0.05) is 184 Å². The summed E-state index contributed by atoms with van der Waals surface area (Å²) in [6.07, 6.45) is 0. The normalized spacial score (nSPS) is 14.2. The van der Waals surface area contributed by atoms with Crippen molar-refractivity contribution < 1.29 is 9.15 Å². The van der Waals surface area contributed by atoms with E-state index in [1.807, 2.05) is 12.1 Å². The van der Waals surface area contributed by atoms with Crippen LogP contribution in [0.3, 0.4) is 0 Å². The van der Waals surface area contributed by atoms with Gasteiger partial charge in [-0.25, -0.2) is 0 Å². The average molecular weight is 858 g/mol. The van der Waals surface area contributed by atoms with E-state index in [9.17, 15) is 0 Å². The molecule has 10 aromatic carbocycles. The Balaban J connectivity index is 0.913. The number of fused-ring (bicyclic) bond motifs is 15. The molecule has 0 radical (unpaired) electrons. The lowest BCUT2D eigenvalue weighted by Crippen LogP contribution is -2.32. The Morgan fingerprint density at radius 1 is 0.358 bits per heavy atom. The topological polar surface area (TPSA) is 25.6 Å². The highest BCUT2D eigenvalue weighted by molar-refractivity contribution is 6.09. The molecule has 1 spiro atoms. The molecule has 14 rings (SSSR count). The maximum absolute atomic E-state index is 6.62. The summed E-state index contributed by atoms with van der Waals surface area (Å²) in [5.41, 5.74) is 21.8. The van der Waals surface area contributed by atoms with Crippen LogP contribution in [0.4, 0.5) is 17.1 Å². The number of ether oxygens (including phenoxy) is 1. The van der Waals surface area contributed by atoms with Crippen LogP contribution in [0.2, 0.25) is 0 Å². The van der Waals surface area contributed by atoms with Crippen LogP contribution in [-0.4, -0.2) is 0 Å². The molecule has 0 unspecified atom stereocenters. The molecule has 3 aliphatic rings. The van der Waals surface area contributed by atoms with E-state index in [-0.39, 0.29) is 5.41 Å². The first-order valence-electron chi connectivity index (χ1n) is 23.2. The average Bonchev–Trinajstić information content (AvgIpc) is 3.99. The SMILES string of the molecule is CC1(C)c2ccccc2-c2ccc(N(c3ccc(-c4cccc5c4-c4ccccc4C54c5ccccc5Oc5ccccc54)cc3)c3ccc(-c4cccc5c4oc4ccccc45)cc3)cc21. The first-order chi connectivity index (χ1) is 33.0. The van der Waals surface area contributed by atoms with Gasteiger partial charge in [0.1, 0.15) is 22.7 Å². The van der Waals surface area contributed by atoms with Crippen LogP contribution < -0.4 is 9.64 Å². The summed E-state index contributed by atoms with van der Waals surface area (Å²) in [5.74, 6) is 1.80. The Labute approximate surface area is 389 Å². The number of anilines is 3. The molecule has 316 valence electrons. The summed E-state index contributed by atoms with van der Waals surface area (Å²) < 4.78 is 13.1. The minimum Gasteiger partial charge on any atom is -0.457 e. The van der Waals surface area contributed by atoms with Gasteiger partial charge >= 0.3 is 0 Å².